The Morgan fingerprint density at radius 3 is 2.61 bits per heavy atom. The van der Waals surface area contributed by atoms with Crippen molar-refractivity contribution >= 4 is 27.8 Å². The van der Waals surface area contributed by atoms with Crippen LogP contribution in [0.4, 0.5) is 0 Å². The fraction of sp³-hybridized carbons (Fsp3) is 0.273. The number of carbonyl (C=O) groups is 2. The molecule has 2 N–H and O–H groups in total. The first-order valence-electron chi connectivity index (χ1n) is 4.93. The highest BCUT2D eigenvalue weighted by atomic mass is 79.9. The molecule has 0 aliphatic carbocycles. The Hall–Kier alpha value is -1.76. The molecule has 0 aromatic heterocycles. The smallest absolute Gasteiger partial charge is 0.335 e. The zero-order valence-corrected chi connectivity index (χ0v) is 11.4. The SMILES string of the molecule is CNC(=O)COc1c(Br)cc(C(=O)O)cc1OC. The van der Waals surface area contributed by atoms with Crippen molar-refractivity contribution in [3.63, 3.8) is 0 Å². The maximum Gasteiger partial charge on any atom is 0.335 e. The Morgan fingerprint density at radius 1 is 1.44 bits per heavy atom. The maximum absolute atomic E-state index is 11.1. The number of carbonyl (C=O) groups excluding carboxylic acids is 1. The zero-order chi connectivity index (χ0) is 13.7. The molecule has 0 aliphatic rings. The van der Waals surface area contributed by atoms with E-state index in [1.807, 2.05) is 0 Å². The van der Waals surface area contributed by atoms with Crippen molar-refractivity contribution in [3.8, 4) is 11.5 Å². The summed E-state index contributed by atoms with van der Waals surface area (Å²) >= 11 is 3.18. The summed E-state index contributed by atoms with van der Waals surface area (Å²) < 4.78 is 10.7. The number of halogens is 1. The van der Waals surface area contributed by atoms with E-state index in [-0.39, 0.29) is 29.6 Å². The van der Waals surface area contributed by atoms with Gasteiger partial charge in [-0.2, -0.15) is 0 Å². The maximum atomic E-state index is 11.1. The second-order valence-corrected chi connectivity index (χ2v) is 4.11. The summed E-state index contributed by atoms with van der Waals surface area (Å²) in [6, 6.07) is 2.70. The average Bonchev–Trinajstić information content (AvgIpc) is 2.35. The fourth-order valence-corrected chi connectivity index (χ4v) is 1.75. The highest BCUT2D eigenvalue weighted by Crippen LogP contribution is 2.36. The van der Waals surface area contributed by atoms with Gasteiger partial charge in [0.2, 0.25) is 0 Å². The Morgan fingerprint density at radius 2 is 2.11 bits per heavy atom. The number of methoxy groups -OCH3 is 1. The number of hydrogen-bond donors (Lipinski definition) is 2. The van der Waals surface area contributed by atoms with E-state index in [1.165, 1.54) is 26.3 Å². The van der Waals surface area contributed by atoms with E-state index >= 15 is 0 Å². The Kier molecular flexibility index (Phi) is 4.96. The van der Waals surface area contributed by atoms with Gasteiger partial charge in [0, 0.05) is 7.05 Å². The van der Waals surface area contributed by atoms with Crippen LogP contribution in [0.2, 0.25) is 0 Å². The molecular formula is C11H12BrNO5. The molecule has 7 heteroatoms. The first-order valence-corrected chi connectivity index (χ1v) is 5.73. The second kappa shape index (κ2) is 6.25. The van der Waals surface area contributed by atoms with Crippen LogP contribution in [0.5, 0.6) is 11.5 Å². The number of aromatic carboxylic acids is 1. The van der Waals surface area contributed by atoms with E-state index in [2.05, 4.69) is 21.2 Å². The quantitative estimate of drug-likeness (QED) is 0.854. The number of carboxylic acid groups (broad SMARTS) is 1. The van der Waals surface area contributed by atoms with Crippen molar-refractivity contribution < 1.29 is 24.2 Å². The lowest BCUT2D eigenvalue weighted by atomic mass is 10.2. The normalized spacial score (nSPS) is 9.72. The number of rotatable bonds is 5. The van der Waals surface area contributed by atoms with Gasteiger partial charge in [-0.3, -0.25) is 4.79 Å². The zero-order valence-electron chi connectivity index (χ0n) is 9.82. The number of carboxylic acids is 1. The van der Waals surface area contributed by atoms with Gasteiger partial charge in [-0.1, -0.05) is 0 Å². The lowest BCUT2D eigenvalue weighted by molar-refractivity contribution is -0.122. The number of likely N-dealkylation sites (N-methyl/N-ethyl adjacent to an activating group) is 1. The van der Waals surface area contributed by atoms with Gasteiger partial charge in [0.05, 0.1) is 17.1 Å². The predicted octanol–water partition coefficient (Wildman–Crippen LogP) is 1.28. The minimum absolute atomic E-state index is 0.0611. The number of nitrogens with one attached hydrogen (secondary N) is 1. The van der Waals surface area contributed by atoms with Gasteiger partial charge in [-0.15, -0.1) is 0 Å². The molecule has 0 bridgehead atoms. The predicted molar refractivity (Wildman–Crippen MR) is 67.2 cm³/mol. The van der Waals surface area contributed by atoms with Gasteiger partial charge in [0.15, 0.2) is 18.1 Å². The van der Waals surface area contributed by atoms with Gasteiger partial charge < -0.3 is 19.9 Å². The number of ether oxygens (including phenoxy) is 2. The van der Waals surface area contributed by atoms with E-state index in [1.54, 1.807) is 0 Å². The van der Waals surface area contributed by atoms with Crippen LogP contribution >= 0.6 is 15.9 Å². The molecule has 0 fully saturated rings. The molecule has 0 saturated carbocycles. The van der Waals surface area contributed by atoms with Crippen molar-refractivity contribution in [1.82, 2.24) is 5.32 Å². The summed E-state index contributed by atoms with van der Waals surface area (Å²) in [7, 11) is 2.88. The first-order chi connectivity index (χ1) is 8.49. The van der Waals surface area contributed by atoms with Gasteiger partial charge in [-0.25, -0.2) is 4.79 Å². The molecule has 0 atom stereocenters. The van der Waals surface area contributed by atoms with Crippen molar-refractivity contribution in [2.75, 3.05) is 20.8 Å². The first kappa shape index (κ1) is 14.3. The van der Waals surface area contributed by atoms with Crippen LogP contribution in [0, 0.1) is 0 Å². The summed E-state index contributed by atoms with van der Waals surface area (Å²) in [5, 5.41) is 11.3. The van der Waals surface area contributed by atoms with Gasteiger partial charge in [0.25, 0.3) is 5.91 Å². The molecule has 1 aromatic rings. The van der Waals surface area contributed by atoms with E-state index in [4.69, 9.17) is 14.6 Å². The van der Waals surface area contributed by atoms with Crippen LogP contribution in [0.15, 0.2) is 16.6 Å². The number of hydrogen-bond acceptors (Lipinski definition) is 4. The molecule has 1 amide bonds. The molecule has 0 spiro atoms. The lowest BCUT2D eigenvalue weighted by Gasteiger charge is -2.12. The van der Waals surface area contributed by atoms with Crippen molar-refractivity contribution in [2.24, 2.45) is 0 Å². The molecule has 0 heterocycles. The standard InChI is InChI=1S/C11H12BrNO5/c1-13-9(14)5-18-10-7(12)3-6(11(15)16)4-8(10)17-2/h3-4H,5H2,1-2H3,(H,13,14)(H,15,16). The van der Waals surface area contributed by atoms with Crippen LogP contribution in [0.1, 0.15) is 10.4 Å². The van der Waals surface area contributed by atoms with E-state index in [9.17, 15) is 9.59 Å². The molecule has 18 heavy (non-hydrogen) atoms. The third-order valence-electron chi connectivity index (χ3n) is 2.10. The third-order valence-corrected chi connectivity index (χ3v) is 2.69. The summed E-state index contributed by atoms with van der Waals surface area (Å²) in [6.45, 7) is -0.183. The van der Waals surface area contributed by atoms with Crippen LogP contribution in [0.3, 0.4) is 0 Å². The number of amides is 1. The van der Waals surface area contributed by atoms with E-state index < -0.39 is 5.97 Å². The summed E-state index contributed by atoms with van der Waals surface area (Å²) in [4.78, 5) is 21.9. The molecule has 0 saturated heterocycles. The average molecular weight is 318 g/mol. The van der Waals surface area contributed by atoms with Crippen LogP contribution < -0.4 is 14.8 Å². The Labute approximate surface area is 112 Å². The van der Waals surface area contributed by atoms with Crippen molar-refractivity contribution in [3.05, 3.63) is 22.2 Å². The lowest BCUT2D eigenvalue weighted by Crippen LogP contribution is -2.25. The van der Waals surface area contributed by atoms with E-state index in [0.29, 0.717) is 4.47 Å². The van der Waals surface area contributed by atoms with Gasteiger partial charge in [0.1, 0.15) is 0 Å². The topological polar surface area (TPSA) is 84.9 Å². The molecule has 0 radical (unpaired) electrons. The van der Waals surface area contributed by atoms with Crippen LogP contribution in [0.25, 0.3) is 0 Å². The van der Waals surface area contributed by atoms with Crippen molar-refractivity contribution in [1.29, 1.82) is 0 Å². The van der Waals surface area contributed by atoms with Crippen molar-refractivity contribution in [2.45, 2.75) is 0 Å². The minimum Gasteiger partial charge on any atom is -0.493 e. The second-order valence-electron chi connectivity index (χ2n) is 3.26. The monoisotopic (exact) mass is 317 g/mol. The summed E-state index contributed by atoms with van der Waals surface area (Å²) in [5.41, 5.74) is 0.0611. The summed E-state index contributed by atoms with van der Waals surface area (Å²) in [5.74, 6) is -0.852. The molecule has 1 rings (SSSR count). The molecule has 98 valence electrons. The number of benzene rings is 1. The largest absolute Gasteiger partial charge is 0.493 e. The molecule has 6 nitrogen and oxygen atoms in total. The van der Waals surface area contributed by atoms with Gasteiger partial charge in [-0.05, 0) is 28.1 Å². The molecule has 0 aliphatic heterocycles. The third kappa shape index (κ3) is 3.36. The fourth-order valence-electron chi connectivity index (χ4n) is 1.19. The van der Waals surface area contributed by atoms with Crippen LogP contribution in [-0.4, -0.2) is 37.7 Å². The Balaban J connectivity index is 3.03. The Bertz CT molecular complexity index is 475. The van der Waals surface area contributed by atoms with E-state index in [0.717, 1.165) is 0 Å². The summed E-state index contributed by atoms with van der Waals surface area (Å²) in [6.07, 6.45) is 0. The highest BCUT2D eigenvalue weighted by molar-refractivity contribution is 9.10. The molecular weight excluding hydrogens is 306 g/mol. The van der Waals surface area contributed by atoms with Gasteiger partial charge >= 0.3 is 5.97 Å². The van der Waals surface area contributed by atoms with Crippen LogP contribution in [-0.2, 0) is 4.79 Å². The minimum atomic E-state index is -1.08. The highest BCUT2D eigenvalue weighted by Gasteiger charge is 2.15. The molecule has 1 aromatic carbocycles. The molecule has 0 unspecified atom stereocenters.